The predicted molar refractivity (Wildman–Crippen MR) is 65.2 cm³/mol. The Kier molecular flexibility index (Phi) is 3.64. The molecular weight excluding hydrogens is 218 g/mol. The maximum absolute atomic E-state index is 11.2. The Balaban J connectivity index is 1.88. The summed E-state index contributed by atoms with van der Waals surface area (Å²) in [7, 11) is 3.12. The van der Waals surface area contributed by atoms with E-state index in [9.17, 15) is 4.79 Å². The maximum Gasteiger partial charge on any atom is 0.337 e. The SMILES string of the molecule is COC(=O)c1ccc(NC2CC(OC)C2)cc1. The molecule has 4 heteroatoms. The normalized spacial score (nSPS) is 22.7. The third-order valence-corrected chi connectivity index (χ3v) is 3.10. The third-order valence-electron chi connectivity index (χ3n) is 3.10. The number of esters is 1. The summed E-state index contributed by atoms with van der Waals surface area (Å²) in [6, 6.07) is 7.80. The van der Waals surface area contributed by atoms with Crippen LogP contribution < -0.4 is 5.32 Å². The molecule has 1 aromatic carbocycles. The number of hydrogen-bond acceptors (Lipinski definition) is 4. The molecule has 1 aliphatic carbocycles. The minimum Gasteiger partial charge on any atom is -0.465 e. The van der Waals surface area contributed by atoms with E-state index in [1.165, 1.54) is 7.11 Å². The fraction of sp³-hybridized carbons (Fsp3) is 0.462. The maximum atomic E-state index is 11.2. The first-order valence-electron chi connectivity index (χ1n) is 5.70. The molecule has 17 heavy (non-hydrogen) atoms. The van der Waals surface area contributed by atoms with Gasteiger partial charge in [-0.05, 0) is 37.1 Å². The molecule has 1 aliphatic rings. The number of benzene rings is 1. The summed E-state index contributed by atoms with van der Waals surface area (Å²) in [5.41, 5.74) is 1.60. The number of carbonyl (C=O) groups excluding carboxylic acids is 1. The van der Waals surface area contributed by atoms with Gasteiger partial charge in [0.15, 0.2) is 0 Å². The number of methoxy groups -OCH3 is 2. The van der Waals surface area contributed by atoms with E-state index in [2.05, 4.69) is 10.1 Å². The van der Waals surface area contributed by atoms with E-state index in [1.807, 2.05) is 12.1 Å². The molecule has 0 saturated heterocycles. The summed E-state index contributed by atoms with van der Waals surface area (Å²) in [5.74, 6) is -0.306. The van der Waals surface area contributed by atoms with Gasteiger partial charge in [0.05, 0.1) is 18.8 Å². The fourth-order valence-corrected chi connectivity index (χ4v) is 1.93. The summed E-state index contributed by atoms with van der Waals surface area (Å²) >= 11 is 0. The highest BCUT2D eigenvalue weighted by molar-refractivity contribution is 5.89. The molecule has 0 amide bonds. The van der Waals surface area contributed by atoms with Gasteiger partial charge in [-0.25, -0.2) is 4.79 Å². The summed E-state index contributed by atoms with van der Waals surface area (Å²) in [4.78, 5) is 11.2. The van der Waals surface area contributed by atoms with Crippen molar-refractivity contribution in [1.29, 1.82) is 0 Å². The predicted octanol–water partition coefficient (Wildman–Crippen LogP) is 2.06. The minimum atomic E-state index is -0.306. The highest BCUT2D eigenvalue weighted by Crippen LogP contribution is 2.26. The quantitative estimate of drug-likeness (QED) is 0.811. The zero-order valence-electron chi connectivity index (χ0n) is 10.1. The second-order valence-electron chi connectivity index (χ2n) is 4.24. The lowest BCUT2D eigenvalue weighted by Gasteiger charge is -2.35. The highest BCUT2D eigenvalue weighted by atomic mass is 16.5. The number of rotatable bonds is 4. The Morgan fingerprint density at radius 3 is 2.41 bits per heavy atom. The Labute approximate surface area is 101 Å². The van der Waals surface area contributed by atoms with Crippen LogP contribution in [0.3, 0.4) is 0 Å². The first kappa shape index (κ1) is 11.9. The van der Waals surface area contributed by atoms with Gasteiger partial charge < -0.3 is 14.8 Å². The van der Waals surface area contributed by atoms with Crippen molar-refractivity contribution in [3.05, 3.63) is 29.8 Å². The smallest absolute Gasteiger partial charge is 0.337 e. The van der Waals surface area contributed by atoms with Crippen molar-refractivity contribution in [2.75, 3.05) is 19.5 Å². The topological polar surface area (TPSA) is 47.6 Å². The van der Waals surface area contributed by atoms with Crippen molar-refractivity contribution in [3.63, 3.8) is 0 Å². The first-order chi connectivity index (χ1) is 8.22. The lowest BCUT2D eigenvalue weighted by atomic mass is 9.89. The molecule has 1 fully saturated rings. The molecule has 0 radical (unpaired) electrons. The number of hydrogen-bond donors (Lipinski definition) is 1. The average Bonchev–Trinajstić information content (AvgIpc) is 2.33. The van der Waals surface area contributed by atoms with E-state index in [4.69, 9.17) is 4.74 Å². The van der Waals surface area contributed by atoms with Gasteiger partial charge in [0.1, 0.15) is 0 Å². The monoisotopic (exact) mass is 235 g/mol. The second kappa shape index (κ2) is 5.19. The van der Waals surface area contributed by atoms with Crippen molar-refractivity contribution in [2.45, 2.75) is 25.0 Å². The molecule has 0 bridgehead atoms. The van der Waals surface area contributed by atoms with Gasteiger partial charge in [0, 0.05) is 18.8 Å². The molecule has 0 aromatic heterocycles. The van der Waals surface area contributed by atoms with E-state index >= 15 is 0 Å². The molecule has 1 aromatic rings. The molecule has 0 atom stereocenters. The summed E-state index contributed by atoms with van der Waals surface area (Å²) in [5, 5.41) is 3.39. The molecule has 0 heterocycles. The van der Waals surface area contributed by atoms with Gasteiger partial charge >= 0.3 is 5.97 Å². The molecule has 1 N–H and O–H groups in total. The van der Waals surface area contributed by atoms with Crippen LogP contribution in [0.1, 0.15) is 23.2 Å². The van der Waals surface area contributed by atoms with E-state index in [1.54, 1.807) is 19.2 Å². The zero-order valence-corrected chi connectivity index (χ0v) is 10.1. The zero-order chi connectivity index (χ0) is 12.3. The lowest BCUT2D eigenvalue weighted by Crippen LogP contribution is -2.40. The van der Waals surface area contributed by atoms with Crippen LogP contribution in [-0.4, -0.2) is 32.3 Å². The number of nitrogens with one attached hydrogen (secondary N) is 1. The van der Waals surface area contributed by atoms with Crippen LogP contribution in [0, 0.1) is 0 Å². The minimum absolute atomic E-state index is 0.306. The van der Waals surface area contributed by atoms with Gasteiger partial charge in [0.25, 0.3) is 0 Å². The fourth-order valence-electron chi connectivity index (χ4n) is 1.93. The van der Waals surface area contributed by atoms with Gasteiger partial charge in [-0.15, -0.1) is 0 Å². The molecule has 4 nitrogen and oxygen atoms in total. The largest absolute Gasteiger partial charge is 0.465 e. The Hall–Kier alpha value is -1.55. The summed E-state index contributed by atoms with van der Waals surface area (Å²) < 4.78 is 9.86. The molecule has 1 saturated carbocycles. The van der Waals surface area contributed by atoms with Gasteiger partial charge in [-0.2, -0.15) is 0 Å². The Bertz CT molecular complexity index is 382. The third kappa shape index (κ3) is 2.77. The molecule has 2 rings (SSSR count). The molecule has 0 unspecified atom stereocenters. The van der Waals surface area contributed by atoms with E-state index in [0.29, 0.717) is 17.7 Å². The lowest BCUT2D eigenvalue weighted by molar-refractivity contribution is 0.0329. The van der Waals surface area contributed by atoms with E-state index in [-0.39, 0.29) is 5.97 Å². The van der Waals surface area contributed by atoms with Crippen molar-refractivity contribution in [1.82, 2.24) is 0 Å². The Morgan fingerprint density at radius 2 is 1.88 bits per heavy atom. The van der Waals surface area contributed by atoms with E-state index < -0.39 is 0 Å². The number of anilines is 1. The standard InChI is InChI=1S/C13H17NO3/c1-16-12-7-11(8-12)14-10-5-3-9(4-6-10)13(15)17-2/h3-6,11-12,14H,7-8H2,1-2H3. The van der Waals surface area contributed by atoms with Gasteiger partial charge in [-0.1, -0.05) is 0 Å². The van der Waals surface area contributed by atoms with Crippen LogP contribution >= 0.6 is 0 Å². The van der Waals surface area contributed by atoms with Gasteiger partial charge in [-0.3, -0.25) is 0 Å². The molecule has 0 spiro atoms. The van der Waals surface area contributed by atoms with Crippen molar-refractivity contribution in [2.24, 2.45) is 0 Å². The number of carbonyl (C=O) groups is 1. The van der Waals surface area contributed by atoms with Crippen LogP contribution in [0.15, 0.2) is 24.3 Å². The summed E-state index contributed by atoms with van der Waals surface area (Å²) in [6.45, 7) is 0. The first-order valence-corrected chi connectivity index (χ1v) is 5.70. The van der Waals surface area contributed by atoms with Crippen LogP contribution in [0.4, 0.5) is 5.69 Å². The number of ether oxygens (including phenoxy) is 2. The van der Waals surface area contributed by atoms with Crippen molar-refractivity contribution in [3.8, 4) is 0 Å². The van der Waals surface area contributed by atoms with Crippen molar-refractivity contribution < 1.29 is 14.3 Å². The highest BCUT2D eigenvalue weighted by Gasteiger charge is 2.28. The van der Waals surface area contributed by atoms with Crippen LogP contribution in [0.2, 0.25) is 0 Å². The molecular formula is C13H17NO3. The average molecular weight is 235 g/mol. The van der Waals surface area contributed by atoms with Crippen LogP contribution in [0.5, 0.6) is 0 Å². The second-order valence-corrected chi connectivity index (χ2v) is 4.24. The summed E-state index contributed by atoms with van der Waals surface area (Å²) in [6.07, 6.45) is 2.46. The molecule has 0 aliphatic heterocycles. The van der Waals surface area contributed by atoms with Crippen LogP contribution in [0.25, 0.3) is 0 Å². The molecule has 92 valence electrons. The van der Waals surface area contributed by atoms with Gasteiger partial charge in [0.2, 0.25) is 0 Å². The van der Waals surface area contributed by atoms with E-state index in [0.717, 1.165) is 18.5 Å². The Morgan fingerprint density at radius 1 is 1.24 bits per heavy atom. The van der Waals surface area contributed by atoms with Crippen LogP contribution in [-0.2, 0) is 9.47 Å². The van der Waals surface area contributed by atoms with Crippen molar-refractivity contribution >= 4 is 11.7 Å².